The van der Waals surface area contributed by atoms with Crippen molar-refractivity contribution in [3.05, 3.63) is 36.1 Å². The second-order valence-electron chi connectivity index (χ2n) is 3.32. The van der Waals surface area contributed by atoms with E-state index >= 15 is 0 Å². The molecule has 0 radical (unpaired) electrons. The van der Waals surface area contributed by atoms with Gasteiger partial charge in [0.1, 0.15) is 5.67 Å². The number of allylic oxidation sites excluding steroid dienone is 5. The maximum Gasteiger partial charge on any atom is 0.149 e. The predicted molar refractivity (Wildman–Crippen MR) is 64.3 cm³/mol. The average Bonchev–Trinajstić information content (AvgIpc) is 2.61. The van der Waals surface area contributed by atoms with Crippen LogP contribution in [0.15, 0.2) is 41.1 Å². The summed E-state index contributed by atoms with van der Waals surface area (Å²) in [6.45, 7) is 0.654. The zero-order valence-corrected chi connectivity index (χ0v) is 9.66. The fourth-order valence-corrected chi connectivity index (χ4v) is 1.81. The first-order valence-corrected chi connectivity index (χ1v) is 5.51. The molecule has 1 N–H and O–H groups in total. The summed E-state index contributed by atoms with van der Waals surface area (Å²) >= 11 is 2.02. The number of aliphatic imine (C=N–C) groups is 1. The molecular formula is C10H10FIN2. The van der Waals surface area contributed by atoms with Gasteiger partial charge in [0.15, 0.2) is 0 Å². The minimum absolute atomic E-state index is 0.455. The summed E-state index contributed by atoms with van der Waals surface area (Å²) in [5, 5.41) is 0. The third-order valence-electron chi connectivity index (χ3n) is 2.28. The monoisotopic (exact) mass is 304 g/mol. The van der Waals surface area contributed by atoms with Gasteiger partial charge in [0.2, 0.25) is 0 Å². The quantitative estimate of drug-likeness (QED) is 0.629. The highest BCUT2D eigenvalue weighted by Gasteiger charge is 2.28. The molecule has 0 bridgehead atoms. The van der Waals surface area contributed by atoms with Crippen LogP contribution >= 0.6 is 22.9 Å². The van der Waals surface area contributed by atoms with Crippen molar-refractivity contribution in [1.29, 1.82) is 0 Å². The van der Waals surface area contributed by atoms with E-state index in [1.807, 2.05) is 28.9 Å². The number of halogens is 2. The Labute approximate surface area is 96.2 Å². The number of nitrogens with one attached hydrogen (secondary N) is 1. The Hall–Kier alpha value is -0.490. The van der Waals surface area contributed by atoms with Crippen LogP contribution in [0, 0.1) is 0 Å². The van der Waals surface area contributed by atoms with Crippen LogP contribution in [0.1, 0.15) is 6.42 Å². The van der Waals surface area contributed by atoms with Crippen LogP contribution in [0.4, 0.5) is 4.39 Å². The molecule has 1 atom stereocenters. The number of hydrogen-bond acceptors (Lipinski definition) is 2. The Morgan fingerprint density at radius 3 is 3.14 bits per heavy atom. The lowest BCUT2D eigenvalue weighted by Crippen LogP contribution is -2.25. The summed E-state index contributed by atoms with van der Waals surface area (Å²) in [5.41, 5.74) is 0.436. The topological polar surface area (TPSA) is 24.4 Å². The highest BCUT2D eigenvalue weighted by Crippen LogP contribution is 2.28. The van der Waals surface area contributed by atoms with Crippen LogP contribution in [0.2, 0.25) is 0 Å². The summed E-state index contributed by atoms with van der Waals surface area (Å²) < 4.78 is 17.0. The number of nitrogens with zero attached hydrogens (tertiary/aromatic N) is 1. The van der Waals surface area contributed by atoms with Gasteiger partial charge in [-0.3, -0.25) is 8.52 Å². The number of fused-ring (bicyclic) bond motifs is 1. The van der Waals surface area contributed by atoms with E-state index in [0.29, 0.717) is 13.0 Å². The molecule has 0 aromatic carbocycles. The van der Waals surface area contributed by atoms with E-state index in [1.54, 1.807) is 24.4 Å². The largest absolute Gasteiger partial charge is 0.261 e. The molecule has 74 valence electrons. The lowest BCUT2D eigenvalue weighted by Gasteiger charge is -2.21. The molecule has 0 saturated heterocycles. The molecule has 0 amide bonds. The summed E-state index contributed by atoms with van der Waals surface area (Å²) in [4.78, 5) is 4.10. The lowest BCUT2D eigenvalue weighted by molar-refractivity contribution is 0.281. The highest BCUT2D eigenvalue weighted by atomic mass is 127. The van der Waals surface area contributed by atoms with Gasteiger partial charge in [-0.2, -0.15) is 0 Å². The van der Waals surface area contributed by atoms with Crippen molar-refractivity contribution in [3.8, 4) is 0 Å². The minimum Gasteiger partial charge on any atom is -0.261 e. The van der Waals surface area contributed by atoms with Gasteiger partial charge in [0, 0.05) is 47.6 Å². The van der Waals surface area contributed by atoms with Gasteiger partial charge in [-0.25, -0.2) is 4.39 Å². The van der Waals surface area contributed by atoms with Gasteiger partial charge < -0.3 is 0 Å². The van der Waals surface area contributed by atoms with Crippen molar-refractivity contribution in [1.82, 2.24) is 3.53 Å². The van der Waals surface area contributed by atoms with Crippen molar-refractivity contribution in [2.75, 3.05) is 6.54 Å². The van der Waals surface area contributed by atoms with Gasteiger partial charge in [-0.15, -0.1) is 0 Å². The zero-order valence-electron chi connectivity index (χ0n) is 7.50. The molecular weight excluding hydrogens is 294 g/mol. The van der Waals surface area contributed by atoms with Crippen LogP contribution in [0.5, 0.6) is 0 Å². The molecule has 2 nitrogen and oxygen atoms in total. The van der Waals surface area contributed by atoms with Crippen LogP contribution in [0.3, 0.4) is 0 Å². The second-order valence-corrected chi connectivity index (χ2v) is 4.09. The molecule has 2 aliphatic rings. The molecule has 0 aromatic heterocycles. The molecule has 14 heavy (non-hydrogen) atoms. The molecule has 1 heterocycles. The Kier molecular flexibility index (Phi) is 2.83. The van der Waals surface area contributed by atoms with Crippen LogP contribution in [-0.2, 0) is 0 Å². The zero-order chi connectivity index (χ0) is 10.0. The van der Waals surface area contributed by atoms with E-state index < -0.39 is 5.67 Å². The van der Waals surface area contributed by atoms with Crippen molar-refractivity contribution < 1.29 is 4.39 Å². The molecule has 0 saturated carbocycles. The fraction of sp³-hybridized carbons (Fsp3) is 0.300. The van der Waals surface area contributed by atoms with Gasteiger partial charge in [0.25, 0.3) is 0 Å². The number of alkyl halides is 1. The van der Waals surface area contributed by atoms with Gasteiger partial charge in [-0.1, -0.05) is 0 Å². The lowest BCUT2D eigenvalue weighted by atomic mass is 9.91. The number of rotatable bonds is 3. The Morgan fingerprint density at radius 2 is 2.36 bits per heavy atom. The smallest absolute Gasteiger partial charge is 0.149 e. The SMILES string of the molecule is FC1(CCNI)C=CC2=NC=CC2=C1. The Balaban J connectivity index is 2.16. The summed E-state index contributed by atoms with van der Waals surface area (Å²) in [6.07, 6.45) is 8.97. The van der Waals surface area contributed by atoms with E-state index in [4.69, 9.17) is 0 Å². The van der Waals surface area contributed by atoms with E-state index in [1.165, 1.54) is 0 Å². The normalized spacial score (nSPS) is 28.7. The van der Waals surface area contributed by atoms with Crippen molar-refractivity contribution in [3.63, 3.8) is 0 Å². The first kappa shape index (κ1) is 10.0. The van der Waals surface area contributed by atoms with E-state index in [0.717, 1.165) is 11.3 Å². The van der Waals surface area contributed by atoms with E-state index in [-0.39, 0.29) is 0 Å². The van der Waals surface area contributed by atoms with Gasteiger partial charge in [-0.05, 0) is 24.3 Å². The molecule has 1 aliphatic carbocycles. The molecule has 0 aromatic rings. The third-order valence-corrected chi connectivity index (χ3v) is 2.82. The maximum atomic E-state index is 14.1. The van der Waals surface area contributed by atoms with Gasteiger partial charge in [0.05, 0.1) is 5.71 Å². The highest BCUT2D eigenvalue weighted by molar-refractivity contribution is 14.1. The summed E-state index contributed by atoms with van der Waals surface area (Å²) in [7, 11) is 0. The number of hydrogen-bond donors (Lipinski definition) is 1. The van der Waals surface area contributed by atoms with Crippen LogP contribution in [0.25, 0.3) is 0 Å². The average molecular weight is 304 g/mol. The first-order valence-electron chi connectivity index (χ1n) is 4.43. The summed E-state index contributed by atoms with van der Waals surface area (Å²) in [6, 6.07) is 0. The molecule has 2 rings (SSSR count). The van der Waals surface area contributed by atoms with E-state index in [9.17, 15) is 4.39 Å². The minimum atomic E-state index is -1.32. The molecule has 0 spiro atoms. The van der Waals surface area contributed by atoms with Crippen molar-refractivity contribution in [2.24, 2.45) is 4.99 Å². The van der Waals surface area contributed by atoms with Crippen molar-refractivity contribution >= 4 is 28.6 Å². The molecule has 0 fully saturated rings. The van der Waals surface area contributed by atoms with Crippen molar-refractivity contribution in [2.45, 2.75) is 12.1 Å². The third kappa shape index (κ3) is 1.95. The van der Waals surface area contributed by atoms with Crippen LogP contribution in [-0.4, -0.2) is 17.9 Å². The summed E-state index contributed by atoms with van der Waals surface area (Å²) in [5.74, 6) is 0. The fourth-order valence-electron chi connectivity index (χ4n) is 1.54. The molecule has 1 unspecified atom stereocenters. The second kappa shape index (κ2) is 3.94. The molecule has 1 aliphatic heterocycles. The van der Waals surface area contributed by atoms with Gasteiger partial charge >= 0.3 is 0 Å². The maximum absolute atomic E-state index is 14.1. The molecule has 4 heteroatoms. The Morgan fingerprint density at radius 1 is 1.50 bits per heavy atom. The standard InChI is InChI=1S/C10H10FIN2/c11-10(4-6-14-12)3-1-9-8(7-10)2-5-13-9/h1-3,5,7,14H,4,6H2. The van der Waals surface area contributed by atoms with Crippen LogP contribution < -0.4 is 3.53 Å². The first-order chi connectivity index (χ1) is 6.73. The predicted octanol–water partition coefficient (Wildman–Crippen LogP) is 2.49. The Bertz CT molecular complexity index is 357. The van der Waals surface area contributed by atoms with E-state index in [2.05, 4.69) is 8.52 Å².